The molecule has 0 unspecified atom stereocenters. The molecular weight excluding hydrogens is 290 g/mol. The van der Waals surface area contributed by atoms with E-state index < -0.39 is 0 Å². The number of imidazole rings is 1. The van der Waals surface area contributed by atoms with Gasteiger partial charge in [0.25, 0.3) is 0 Å². The van der Waals surface area contributed by atoms with E-state index in [1.807, 2.05) is 28.8 Å². The highest BCUT2D eigenvalue weighted by Gasteiger charge is 2.41. The lowest BCUT2D eigenvalue weighted by Gasteiger charge is -2.32. The third-order valence-electron chi connectivity index (χ3n) is 5.18. The summed E-state index contributed by atoms with van der Waals surface area (Å²) < 4.78 is 7.97. The predicted octanol–water partition coefficient (Wildman–Crippen LogP) is 2.64. The van der Waals surface area contributed by atoms with Crippen LogP contribution in [0.15, 0.2) is 30.6 Å². The molecule has 2 aliphatic rings. The van der Waals surface area contributed by atoms with Crippen LogP contribution in [0.25, 0.3) is 11.0 Å². The zero-order chi connectivity index (χ0) is 15.7. The van der Waals surface area contributed by atoms with E-state index in [1.165, 1.54) is 19.3 Å². The van der Waals surface area contributed by atoms with Gasteiger partial charge in [-0.15, -0.1) is 0 Å². The molecule has 1 saturated carbocycles. The average molecular weight is 313 g/mol. The van der Waals surface area contributed by atoms with Crippen molar-refractivity contribution >= 4 is 16.9 Å². The zero-order valence-electron chi connectivity index (χ0n) is 13.3. The van der Waals surface area contributed by atoms with Gasteiger partial charge in [0.2, 0.25) is 5.91 Å². The summed E-state index contributed by atoms with van der Waals surface area (Å²) in [6.45, 7) is 0.959. The number of aromatic nitrogens is 2. The summed E-state index contributed by atoms with van der Waals surface area (Å²) in [5.41, 5.74) is 1.96. The number of ether oxygens (including phenoxy) is 1. The number of carbonyl (C=O) groups excluding carboxylic acids is 1. The maximum atomic E-state index is 12.4. The number of carbonyl (C=O) groups is 1. The molecule has 1 N–H and O–H groups in total. The van der Waals surface area contributed by atoms with Crippen molar-refractivity contribution < 1.29 is 9.53 Å². The number of benzene rings is 1. The van der Waals surface area contributed by atoms with Crippen LogP contribution in [0.2, 0.25) is 0 Å². The Balaban J connectivity index is 1.37. The number of amides is 1. The van der Waals surface area contributed by atoms with Gasteiger partial charge in [0.1, 0.15) is 6.54 Å². The lowest BCUT2D eigenvalue weighted by atomic mass is 9.82. The fourth-order valence-electron chi connectivity index (χ4n) is 4.05. The van der Waals surface area contributed by atoms with Crippen molar-refractivity contribution in [2.75, 3.05) is 6.61 Å². The minimum Gasteiger partial charge on any atom is -0.373 e. The highest BCUT2D eigenvalue weighted by molar-refractivity contribution is 5.80. The van der Waals surface area contributed by atoms with Crippen LogP contribution in [-0.2, 0) is 16.1 Å². The number of nitrogens with zero attached hydrogens (tertiary/aromatic N) is 2. The van der Waals surface area contributed by atoms with E-state index in [-0.39, 0.29) is 17.6 Å². The number of hydrogen-bond acceptors (Lipinski definition) is 3. The first-order chi connectivity index (χ1) is 11.2. The third kappa shape index (κ3) is 2.98. The Labute approximate surface area is 136 Å². The van der Waals surface area contributed by atoms with E-state index in [4.69, 9.17) is 4.74 Å². The molecule has 1 aliphatic carbocycles. The van der Waals surface area contributed by atoms with Crippen LogP contribution in [0.1, 0.15) is 38.5 Å². The Morgan fingerprint density at radius 3 is 3.00 bits per heavy atom. The summed E-state index contributed by atoms with van der Waals surface area (Å²) in [7, 11) is 0. The first-order valence-corrected chi connectivity index (χ1v) is 8.57. The largest absolute Gasteiger partial charge is 0.373 e. The minimum absolute atomic E-state index is 0.0367. The molecule has 1 amide bonds. The molecule has 23 heavy (non-hydrogen) atoms. The van der Waals surface area contributed by atoms with Gasteiger partial charge in [-0.1, -0.05) is 31.4 Å². The molecule has 1 aliphatic heterocycles. The summed E-state index contributed by atoms with van der Waals surface area (Å²) in [5, 5.41) is 3.14. The van der Waals surface area contributed by atoms with E-state index in [1.54, 1.807) is 6.33 Å². The summed E-state index contributed by atoms with van der Waals surface area (Å²) in [6, 6.07) is 8.03. The van der Waals surface area contributed by atoms with Crippen molar-refractivity contribution in [1.82, 2.24) is 14.9 Å². The first-order valence-electron chi connectivity index (χ1n) is 8.57. The second kappa shape index (κ2) is 5.96. The van der Waals surface area contributed by atoms with E-state index >= 15 is 0 Å². The number of rotatable bonds is 3. The maximum Gasteiger partial charge on any atom is 0.240 e. The van der Waals surface area contributed by atoms with Crippen molar-refractivity contribution in [1.29, 1.82) is 0 Å². The molecule has 5 nitrogen and oxygen atoms in total. The molecule has 1 atom stereocenters. The summed E-state index contributed by atoms with van der Waals surface area (Å²) in [4.78, 5) is 16.7. The van der Waals surface area contributed by atoms with Gasteiger partial charge in [-0.05, 0) is 31.4 Å². The fraction of sp³-hybridized carbons (Fsp3) is 0.556. The van der Waals surface area contributed by atoms with Crippen molar-refractivity contribution in [3.8, 4) is 0 Å². The van der Waals surface area contributed by atoms with Crippen LogP contribution >= 0.6 is 0 Å². The highest BCUT2D eigenvalue weighted by atomic mass is 16.5. The number of hydrogen-bond donors (Lipinski definition) is 1. The molecule has 1 aromatic carbocycles. The molecule has 4 rings (SSSR count). The Morgan fingerprint density at radius 2 is 2.13 bits per heavy atom. The van der Waals surface area contributed by atoms with E-state index in [2.05, 4.69) is 10.3 Å². The van der Waals surface area contributed by atoms with Gasteiger partial charge in [0.05, 0.1) is 35.6 Å². The van der Waals surface area contributed by atoms with Gasteiger partial charge >= 0.3 is 0 Å². The molecule has 122 valence electrons. The average Bonchev–Trinajstić information content (AvgIpc) is 3.13. The van der Waals surface area contributed by atoms with Gasteiger partial charge in [-0.3, -0.25) is 4.79 Å². The lowest BCUT2D eigenvalue weighted by Crippen LogP contribution is -2.39. The second-order valence-electron chi connectivity index (χ2n) is 6.88. The molecule has 0 bridgehead atoms. The molecule has 2 aromatic rings. The van der Waals surface area contributed by atoms with Crippen molar-refractivity contribution in [2.24, 2.45) is 0 Å². The van der Waals surface area contributed by atoms with Crippen LogP contribution < -0.4 is 5.32 Å². The van der Waals surface area contributed by atoms with Crippen molar-refractivity contribution in [3.63, 3.8) is 0 Å². The number of para-hydroxylation sites is 2. The Bertz CT molecular complexity index is 703. The number of fused-ring (bicyclic) bond motifs is 1. The molecule has 2 fully saturated rings. The predicted molar refractivity (Wildman–Crippen MR) is 88.0 cm³/mol. The zero-order valence-corrected chi connectivity index (χ0v) is 13.3. The summed E-state index contributed by atoms with van der Waals surface area (Å²) in [5.74, 6) is 0.0367. The van der Waals surface area contributed by atoms with Crippen LogP contribution in [0.3, 0.4) is 0 Å². The smallest absolute Gasteiger partial charge is 0.240 e. The van der Waals surface area contributed by atoms with Crippen LogP contribution in [-0.4, -0.2) is 33.7 Å². The van der Waals surface area contributed by atoms with Gasteiger partial charge in [0.15, 0.2) is 0 Å². The quantitative estimate of drug-likeness (QED) is 0.948. The molecule has 1 saturated heterocycles. The fourth-order valence-corrected chi connectivity index (χ4v) is 4.05. The van der Waals surface area contributed by atoms with Gasteiger partial charge in [0, 0.05) is 0 Å². The highest BCUT2D eigenvalue weighted by Crippen LogP contribution is 2.39. The minimum atomic E-state index is 0.0367. The summed E-state index contributed by atoms with van der Waals surface area (Å²) in [6.07, 6.45) is 8.80. The Hall–Kier alpha value is -1.88. The van der Waals surface area contributed by atoms with Crippen LogP contribution in [0.5, 0.6) is 0 Å². The third-order valence-corrected chi connectivity index (χ3v) is 5.18. The summed E-state index contributed by atoms with van der Waals surface area (Å²) >= 11 is 0. The lowest BCUT2D eigenvalue weighted by molar-refractivity contribution is -0.122. The Kier molecular flexibility index (Phi) is 3.81. The normalized spacial score (nSPS) is 23.4. The maximum absolute atomic E-state index is 12.4. The second-order valence-corrected chi connectivity index (χ2v) is 6.88. The van der Waals surface area contributed by atoms with Gasteiger partial charge < -0.3 is 14.6 Å². The van der Waals surface area contributed by atoms with Gasteiger partial charge in [-0.25, -0.2) is 4.98 Å². The molecule has 0 radical (unpaired) electrons. The van der Waals surface area contributed by atoms with E-state index in [0.717, 1.165) is 30.3 Å². The standard InChI is InChI=1S/C18H23N3O2/c22-17(11-21-13-19-15-6-2-3-7-16(15)21)20-14-10-18(23-12-14)8-4-1-5-9-18/h2-3,6-7,13-14H,1,4-5,8-12H2,(H,20,22)/t14-/m1/s1. The van der Waals surface area contributed by atoms with Crippen molar-refractivity contribution in [3.05, 3.63) is 30.6 Å². The van der Waals surface area contributed by atoms with Crippen molar-refractivity contribution in [2.45, 2.75) is 56.7 Å². The molecule has 2 heterocycles. The molecule has 5 heteroatoms. The monoisotopic (exact) mass is 313 g/mol. The van der Waals surface area contributed by atoms with E-state index in [9.17, 15) is 4.79 Å². The molecule has 1 aromatic heterocycles. The topological polar surface area (TPSA) is 56.2 Å². The van der Waals surface area contributed by atoms with E-state index in [0.29, 0.717) is 13.2 Å². The number of nitrogens with one attached hydrogen (secondary N) is 1. The molecular formula is C18H23N3O2. The first kappa shape index (κ1) is 14.7. The molecule has 1 spiro atoms. The van der Waals surface area contributed by atoms with Crippen LogP contribution in [0.4, 0.5) is 0 Å². The Morgan fingerprint density at radius 1 is 1.30 bits per heavy atom. The van der Waals surface area contributed by atoms with Crippen LogP contribution in [0, 0.1) is 0 Å². The van der Waals surface area contributed by atoms with Gasteiger partial charge in [-0.2, -0.15) is 0 Å². The SMILES string of the molecule is O=C(Cn1cnc2ccccc21)N[C@H]1COC2(CCCCC2)C1.